The summed E-state index contributed by atoms with van der Waals surface area (Å²) in [7, 11) is 1.66. The third kappa shape index (κ3) is 6.46. The van der Waals surface area contributed by atoms with Crippen LogP contribution in [0.1, 0.15) is 26.6 Å². The lowest BCUT2D eigenvalue weighted by Gasteiger charge is -2.19. The molecule has 0 aliphatic carbocycles. The minimum atomic E-state index is -0.513. The average molecular weight is 363 g/mol. The summed E-state index contributed by atoms with van der Waals surface area (Å²) in [4.78, 5) is 20.0. The molecular formula is C16H25N7O3. The molecular weight excluding hydrogens is 338 g/mol. The van der Waals surface area contributed by atoms with E-state index in [2.05, 4.69) is 36.1 Å². The number of rotatable bonds is 6. The van der Waals surface area contributed by atoms with E-state index in [1.807, 2.05) is 20.8 Å². The normalized spacial score (nSPS) is 11.9. The number of alkyl carbamates (subject to hydrolysis) is 1. The van der Waals surface area contributed by atoms with Crippen molar-refractivity contribution in [1.82, 2.24) is 31.1 Å². The molecule has 142 valence electrons. The summed E-state index contributed by atoms with van der Waals surface area (Å²) in [6.45, 7) is 6.76. The SMILES string of the molecule is CN=C(NCCNC(=O)OC(C)(C)C)NCc1nc(-c2ccco2)n[nH]1. The summed E-state index contributed by atoms with van der Waals surface area (Å²) in [5.74, 6) is 2.32. The van der Waals surface area contributed by atoms with Crippen molar-refractivity contribution in [2.75, 3.05) is 20.1 Å². The zero-order valence-electron chi connectivity index (χ0n) is 15.4. The van der Waals surface area contributed by atoms with E-state index in [0.717, 1.165) is 0 Å². The van der Waals surface area contributed by atoms with Crippen molar-refractivity contribution in [3.63, 3.8) is 0 Å². The molecule has 0 saturated heterocycles. The van der Waals surface area contributed by atoms with E-state index in [1.165, 1.54) is 0 Å². The fraction of sp³-hybridized carbons (Fsp3) is 0.500. The number of H-pyrrole nitrogens is 1. The number of carbonyl (C=O) groups is 1. The van der Waals surface area contributed by atoms with Gasteiger partial charge in [-0.05, 0) is 32.9 Å². The van der Waals surface area contributed by atoms with Crippen molar-refractivity contribution >= 4 is 12.1 Å². The van der Waals surface area contributed by atoms with Crippen molar-refractivity contribution in [2.45, 2.75) is 32.9 Å². The van der Waals surface area contributed by atoms with Crippen molar-refractivity contribution in [1.29, 1.82) is 0 Å². The van der Waals surface area contributed by atoms with Crippen LogP contribution in [0.2, 0.25) is 0 Å². The van der Waals surface area contributed by atoms with Gasteiger partial charge in [0.05, 0.1) is 12.8 Å². The minimum absolute atomic E-state index is 0.403. The Hall–Kier alpha value is -3.04. The molecule has 2 aromatic rings. The summed E-state index contributed by atoms with van der Waals surface area (Å²) in [5, 5.41) is 15.8. The maximum absolute atomic E-state index is 11.5. The van der Waals surface area contributed by atoms with Gasteiger partial charge in [-0.25, -0.2) is 9.78 Å². The molecule has 26 heavy (non-hydrogen) atoms. The van der Waals surface area contributed by atoms with Crippen molar-refractivity contribution in [3.05, 3.63) is 24.2 Å². The van der Waals surface area contributed by atoms with Crippen LogP contribution in [0.15, 0.2) is 27.8 Å². The molecule has 0 unspecified atom stereocenters. The minimum Gasteiger partial charge on any atom is -0.461 e. The first kappa shape index (κ1) is 19.3. The topological polar surface area (TPSA) is 129 Å². The van der Waals surface area contributed by atoms with Crippen LogP contribution in [0.3, 0.4) is 0 Å². The van der Waals surface area contributed by atoms with Crippen molar-refractivity contribution in [2.24, 2.45) is 4.99 Å². The van der Waals surface area contributed by atoms with Crippen molar-refractivity contribution in [3.8, 4) is 11.6 Å². The molecule has 0 spiro atoms. The molecule has 0 aliphatic heterocycles. The van der Waals surface area contributed by atoms with E-state index in [0.29, 0.717) is 43.0 Å². The highest BCUT2D eigenvalue weighted by Crippen LogP contribution is 2.14. The number of nitrogens with zero attached hydrogens (tertiary/aromatic N) is 3. The molecule has 10 nitrogen and oxygen atoms in total. The maximum Gasteiger partial charge on any atom is 0.407 e. The molecule has 0 fully saturated rings. The quantitative estimate of drug-likeness (QED) is 0.345. The third-order valence-electron chi connectivity index (χ3n) is 3.01. The molecule has 4 N–H and O–H groups in total. The van der Waals surface area contributed by atoms with E-state index >= 15 is 0 Å². The predicted octanol–water partition coefficient (Wildman–Crippen LogP) is 1.25. The van der Waals surface area contributed by atoms with E-state index in [4.69, 9.17) is 9.15 Å². The Bertz CT molecular complexity index is 717. The monoisotopic (exact) mass is 363 g/mol. The number of aromatic nitrogens is 3. The summed E-state index contributed by atoms with van der Waals surface area (Å²) in [6.07, 6.45) is 1.12. The number of carbonyl (C=O) groups excluding carboxylic acids is 1. The number of hydrogen-bond donors (Lipinski definition) is 4. The Kier molecular flexibility index (Phi) is 6.59. The number of amides is 1. The lowest BCUT2D eigenvalue weighted by molar-refractivity contribution is 0.0529. The van der Waals surface area contributed by atoms with Crippen LogP contribution in [-0.2, 0) is 11.3 Å². The maximum atomic E-state index is 11.5. The second-order valence-corrected chi connectivity index (χ2v) is 6.36. The molecule has 0 bridgehead atoms. The first-order valence-electron chi connectivity index (χ1n) is 8.24. The van der Waals surface area contributed by atoms with E-state index < -0.39 is 11.7 Å². The Morgan fingerprint density at radius 1 is 1.31 bits per heavy atom. The van der Waals surface area contributed by atoms with Crippen LogP contribution < -0.4 is 16.0 Å². The molecule has 1 amide bonds. The fourth-order valence-corrected chi connectivity index (χ4v) is 1.94. The average Bonchev–Trinajstić information content (AvgIpc) is 3.23. The van der Waals surface area contributed by atoms with Gasteiger partial charge < -0.3 is 25.1 Å². The third-order valence-corrected chi connectivity index (χ3v) is 3.01. The van der Waals surface area contributed by atoms with Gasteiger partial charge in [0.25, 0.3) is 0 Å². The van der Waals surface area contributed by atoms with Crippen LogP contribution >= 0.6 is 0 Å². The van der Waals surface area contributed by atoms with Gasteiger partial charge in [0.2, 0.25) is 5.82 Å². The summed E-state index contributed by atoms with van der Waals surface area (Å²) in [5.41, 5.74) is -0.513. The van der Waals surface area contributed by atoms with Gasteiger partial charge in [-0.15, -0.1) is 5.10 Å². The zero-order valence-corrected chi connectivity index (χ0v) is 15.4. The lowest BCUT2D eigenvalue weighted by atomic mass is 10.2. The Balaban J connectivity index is 1.69. The first-order valence-corrected chi connectivity index (χ1v) is 8.24. The van der Waals surface area contributed by atoms with Gasteiger partial charge in [0.1, 0.15) is 11.4 Å². The molecule has 2 aromatic heterocycles. The van der Waals surface area contributed by atoms with Gasteiger partial charge in [0, 0.05) is 20.1 Å². The fourth-order valence-electron chi connectivity index (χ4n) is 1.94. The van der Waals surface area contributed by atoms with Crippen LogP contribution in [0.25, 0.3) is 11.6 Å². The largest absolute Gasteiger partial charge is 0.461 e. The highest BCUT2D eigenvalue weighted by atomic mass is 16.6. The summed E-state index contributed by atoms with van der Waals surface area (Å²) < 4.78 is 10.4. The molecule has 0 aromatic carbocycles. The Morgan fingerprint density at radius 3 is 2.73 bits per heavy atom. The molecule has 2 rings (SSSR count). The summed E-state index contributed by atoms with van der Waals surface area (Å²) >= 11 is 0. The molecule has 0 saturated carbocycles. The molecule has 0 aliphatic rings. The van der Waals surface area contributed by atoms with E-state index in [1.54, 1.807) is 25.4 Å². The number of hydrogen-bond acceptors (Lipinski definition) is 6. The van der Waals surface area contributed by atoms with E-state index in [-0.39, 0.29) is 0 Å². The molecule has 0 radical (unpaired) electrons. The van der Waals surface area contributed by atoms with Crippen LogP contribution in [0.5, 0.6) is 0 Å². The van der Waals surface area contributed by atoms with E-state index in [9.17, 15) is 4.79 Å². The Morgan fingerprint density at radius 2 is 2.08 bits per heavy atom. The smallest absolute Gasteiger partial charge is 0.407 e. The molecule has 10 heteroatoms. The zero-order chi connectivity index (χ0) is 19.0. The lowest BCUT2D eigenvalue weighted by Crippen LogP contribution is -2.42. The standard InChI is InChI=1S/C16H25N7O3/c1-16(2,3)26-15(24)19-8-7-18-14(17-4)20-10-12-21-13(23-22-12)11-6-5-9-25-11/h5-6,9H,7-8,10H2,1-4H3,(H,19,24)(H2,17,18,20)(H,21,22,23). The van der Waals surface area contributed by atoms with Crippen LogP contribution in [0.4, 0.5) is 4.79 Å². The summed E-state index contributed by atoms with van der Waals surface area (Å²) in [6, 6.07) is 3.57. The van der Waals surface area contributed by atoms with Gasteiger partial charge in [-0.2, -0.15) is 0 Å². The van der Waals surface area contributed by atoms with Gasteiger partial charge in [0.15, 0.2) is 11.7 Å². The van der Waals surface area contributed by atoms with Gasteiger partial charge in [-0.3, -0.25) is 10.1 Å². The number of nitrogens with one attached hydrogen (secondary N) is 4. The highest BCUT2D eigenvalue weighted by Gasteiger charge is 2.15. The number of ether oxygens (including phenoxy) is 1. The number of guanidine groups is 1. The van der Waals surface area contributed by atoms with Crippen LogP contribution in [0, 0.1) is 0 Å². The predicted molar refractivity (Wildman–Crippen MR) is 96.5 cm³/mol. The number of furan rings is 1. The molecule has 0 atom stereocenters. The second-order valence-electron chi connectivity index (χ2n) is 6.36. The molecule has 2 heterocycles. The van der Waals surface area contributed by atoms with Crippen LogP contribution in [-0.4, -0.2) is 53.0 Å². The number of aliphatic imine (C=N–C) groups is 1. The van der Waals surface area contributed by atoms with Crippen molar-refractivity contribution < 1.29 is 13.9 Å². The highest BCUT2D eigenvalue weighted by molar-refractivity contribution is 5.79. The Labute approximate surface area is 151 Å². The number of aromatic amines is 1. The first-order chi connectivity index (χ1) is 12.4. The second kappa shape index (κ2) is 8.88. The van der Waals surface area contributed by atoms with Gasteiger partial charge in [-0.1, -0.05) is 0 Å². The van der Waals surface area contributed by atoms with Gasteiger partial charge >= 0.3 is 6.09 Å².